The third kappa shape index (κ3) is 3.32. The minimum atomic E-state index is 0.106. The number of hydrogen-bond acceptors (Lipinski definition) is 6. The van der Waals surface area contributed by atoms with Crippen LogP contribution in [-0.2, 0) is 5.75 Å². The summed E-state index contributed by atoms with van der Waals surface area (Å²) >= 11 is 1.89. The number of aromatic hydroxyl groups is 1. The molecule has 0 atom stereocenters. The molecular formula is C15H18N2O3S. The first-order valence-corrected chi connectivity index (χ1v) is 8.12. The third-order valence-corrected chi connectivity index (χ3v) is 5.02. The van der Waals surface area contributed by atoms with Crippen LogP contribution < -0.4 is 4.74 Å². The van der Waals surface area contributed by atoms with Crippen LogP contribution in [-0.4, -0.2) is 27.6 Å². The van der Waals surface area contributed by atoms with E-state index in [1.165, 1.54) is 25.7 Å². The van der Waals surface area contributed by atoms with Crippen molar-refractivity contribution >= 4 is 11.8 Å². The Morgan fingerprint density at radius 2 is 2.19 bits per heavy atom. The van der Waals surface area contributed by atoms with Gasteiger partial charge in [-0.3, -0.25) is 0 Å². The average Bonchev–Trinajstić information content (AvgIpc) is 3.17. The van der Waals surface area contributed by atoms with E-state index in [-0.39, 0.29) is 5.75 Å². The highest BCUT2D eigenvalue weighted by atomic mass is 32.2. The number of aromatic nitrogens is 2. The predicted octanol–water partition coefficient (Wildman–Crippen LogP) is 3.63. The molecule has 0 spiro atoms. The van der Waals surface area contributed by atoms with Gasteiger partial charge in [0, 0.05) is 5.25 Å². The lowest BCUT2D eigenvalue weighted by Gasteiger charge is -2.05. The van der Waals surface area contributed by atoms with E-state index in [1.54, 1.807) is 25.3 Å². The molecule has 1 aliphatic carbocycles. The fraction of sp³-hybridized carbons (Fsp3) is 0.467. The van der Waals surface area contributed by atoms with Gasteiger partial charge in [0.2, 0.25) is 0 Å². The summed E-state index contributed by atoms with van der Waals surface area (Å²) in [6.07, 6.45) is 5.22. The van der Waals surface area contributed by atoms with Crippen LogP contribution >= 0.6 is 11.8 Å². The van der Waals surface area contributed by atoms with Gasteiger partial charge in [0.1, 0.15) is 11.5 Å². The van der Waals surface area contributed by atoms with Gasteiger partial charge in [-0.05, 0) is 31.0 Å². The van der Waals surface area contributed by atoms with E-state index in [1.807, 2.05) is 11.8 Å². The Labute approximate surface area is 127 Å². The van der Waals surface area contributed by atoms with E-state index in [0.717, 1.165) is 11.0 Å². The second-order valence-electron chi connectivity index (χ2n) is 5.12. The molecule has 0 unspecified atom stereocenters. The minimum Gasteiger partial charge on any atom is -0.507 e. The highest BCUT2D eigenvalue weighted by molar-refractivity contribution is 7.99. The van der Waals surface area contributed by atoms with Crippen LogP contribution in [0.4, 0.5) is 0 Å². The molecule has 1 aliphatic rings. The Morgan fingerprint density at radius 3 is 2.95 bits per heavy atom. The Balaban J connectivity index is 1.71. The maximum Gasteiger partial charge on any atom is 0.261 e. The lowest BCUT2D eigenvalue weighted by Crippen LogP contribution is -1.95. The predicted molar refractivity (Wildman–Crippen MR) is 81.5 cm³/mol. The maximum atomic E-state index is 9.91. The van der Waals surface area contributed by atoms with Crippen LogP contribution in [0.3, 0.4) is 0 Å². The van der Waals surface area contributed by atoms with Gasteiger partial charge >= 0.3 is 0 Å². The summed E-state index contributed by atoms with van der Waals surface area (Å²) in [5.74, 6) is 2.49. The fourth-order valence-corrected chi connectivity index (χ4v) is 3.65. The first-order chi connectivity index (χ1) is 10.3. The second kappa shape index (κ2) is 6.39. The number of phenolic OH excluding ortho intramolecular Hbond substituents is 1. The van der Waals surface area contributed by atoms with Gasteiger partial charge in [0.25, 0.3) is 5.89 Å². The Hall–Kier alpha value is -1.69. The molecule has 5 nitrogen and oxygen atoms in total. The molecule has 3 rings (SSSR count). The highest BCUT2D eigenvalue weighted by Gasteiger charge is 2.18. The van der Waals surface area contributed by atoms with Crippen LogP contribution in [0.25, 0.3) is 11.5 Å². The molecule has 1 aromatic heterocycles. The van der Waals surface area contributed by atoms with Gasteiger partial charge < -0.3 is 14.4 Å². The Kier molecular flexibility index (Phi) is 4.34. The molecule has 1 N–H and O–H groups in total. The van der Waals surface area contributed by atoms with Gasteiger partial charge in [0.15, 0.2) is 5.82 Å². The molecule has 112 valence electrons. The van der Waals surface area contributed by atoms with Gasteiger partial charge in [-0.2, -0.15) is 16.7 Å². The number of rotatable bonds is 5. The smallest absolute Gasteiger partial charge is 0.261 e. The van der Waals surface area contributed by atoms with Crippen molar-refractivity contribution in [1.82, 2.24) is 10.1 Å². The number of phenols is 1. The first-order valence-electron chi connectivity index (χ1n) is 7.08. The van der Waals surface area contributed by atoms with Crippen molar-refractivity contribution in [3.63, 3.8) is 0 Å². The lowest BCUT2D eigenvalue weighted by molar-refractivity contribution is 0.407. The molecule has 0 bridgehead atoms. The van der Waals surface area contributed by atoms with E-state index in [4.69, 9.17) is 9.26 Å². The molecule has 21 heavy (non-hydrogen) atoms. The molecule has 1 heterocycles. The maximum absolute atomic E-state index is 9.91. The summed E-state index contributed by atoms with van der Waals surface area (Å²) in [4.78, 5) is 4.36. The van der Waals surface area contributed by atoms with Crippen molar-refractivity contribution in [2.45, 2.75) is 36.7 Å². The van der Waals surface area contributed by atoms with E-state index in [9.17, 15) is 5.11 Å². The molecular weight excluding hydrogens is 288 g/mol. The normalized spacial score (nSPS) is 15.5. The molecule has 2 aromatic rings. The quantitative estimate of drug-likeness (QED) is 0.909. The van der Waals surface area contributed by atoms with Crippen molar-refractivity contribution in [3.05, 3.63) is 24.0 Å². The summed E-state index contributed by atoms with van der Waals surface area (Å²) < 4.78 is 10.4. The lowest BCUT2D eigenvalue weighted by atomic mass is 10.2. The summed E-state index contributed by atoms with van der Waals surface area (Å²) in [5, 5.41) is 14.6. The second-order valence-corrected chi connectivity index (χ2v) is 6.40. The topological polar surface area (TPSA) is 68.4 Å². The number of benzene rings is 1. The number of methoxy groups -OCH3 is 1. The third-order valence-electron chi connectivity index (χ3n) is 3.65. The van der Waals surface area contributed by atoms with E-state index in [2.05, 4.69) is 10.1 Å². The van der Waals surface area contributed by atoms with Crippen molar-refractivity contribution in [2.75, 3.05) is 7.11 Å². The van der Waals surface area contributed by atoms with Crippen molar-refractivity contribution in [3.8, 4) is 23.0 Å². The molecule has 0 aliphatic heterocycles. The SMILES string of the molecule is COc1ccc(O)c(-c2nc(CSC3CCCC3)no2)c1. The molecule has 1 saturated carbocycles. The largest absolute Gasteiger partial charge is 0.507 e. The van der Waals surface area contributed by atoms with E-state index >= 15 is 0 Å². The molecule has 0 saturated heterocycles. The summed E-state index contributed by atoms with van der Waals surface area (Å²) in [7, 11) is 1.58. The molecule has 1 aromatic carbocycles. The van der Waals surface area contributed by atoms with Crippen LogP contribution in [0.5, 0.6) is 11.5 Å². The Morgan fingerprint density at radius 1 is 1.38 bits per heavy atom. The standard InChI is InChI=1S/C15H18N2O3S/c1-19-10-6-7-13(18)12(8-10)15-16-14(17-20-15)9-21-11-4-2-3-5-11/h6-8,11,18H,2-5,9H2,1H3. The van der Waals surface area contributed by atoms with Crippen LogP contribution in [0.2, 0.25) is 0 Å². The van der Waals surface area contributed by atoms with Crippen LogP contribution in [0.1, 0.15) is 31.5 Å². The summed E-state index contributed by atoms with van der Waals surface area (Å²) in [6, 6.07) is 4.94. The number of hydrogen-bond donors (Lipinski definition) is 1. The zero-order valence-corrected chi connectivity index (χ0v) is 12.7. The van der Waals surface area contributed by atoms with Crippen LogP contribution in [0.15, 0.2) is 22.7 Å². The van der Waals surface area contributed by atoms with Gasteiger partial charge in [-0.25, -0.2) is 0 Å². The zero-order chi connectivity index (χ0) is 14.7. The number of ether oxygens (including phenoxy) is 1. The van der Waals surface area contributed by atoms with Crippen molar-refractivity contribution < 1.29 is 14.4 Å². The number of thioether (sulfide) groups is 1. The van der Waals surface area contributed by atoms with E-state index < -0.39 is 0 Å². The van der Waals surface area contributed by atoms with Gasteiger partial charge in [0.05, 0.1) is 18.4 Å². The minimum absolute atomic E-state index is 0.106. The fourth-order valence-electron chi connectivity index (χ4n) is 2.48. The molecule has 6 heteroatoms. The van der Waals surface area contributed by atoms with Crippen LogP contribution in [0, 0.1) is 0 Å². The summed E-state index contributed by atoms with van der Waals surface area (Å²) in [6.45, 7) is 0. The monoisotopic (exact) mass is 306 g/mol. The zero-order valence-electron chi connectivity index (χ0n) is 11.9. The average molecular weight is 306 g/mol. The molecule has 1 fully saturated rings. The Bertz CT molecular complexity index is 609. The van der Waals surface area contributed by atoms with Crippen molar-refractivity contribution in [1.29, 1.82) is 0 Å². The molecule has 0 radical (unpaired) electrons. The van der Waals surface area contributed by atoms with E-state index in [0.29, 0.717) is 23.0 Å². The van der Waals surface area contributed by atoms with Gasteiger partial charge in [-0.1, -0.05) is 18.0 Å². The highest BCUT2D eigenvalue weighted by Crippen LogP contribution is 2.33. The summed E-state index contributed by atoms with van der Waals surface area (Å²) in [5.41, 5.74) is 0.499. The van der Waals surface area contributed by atoms with Crippen molar-refractivity contribution in [2.24, 2.45) is 0 Å². The number of nitrogens with zero attached hydrogens (tertiary/aromatic N) is 2. The van der Waals surface area contributed by atoms with Gasteiger partial charge in [-0.15, -0.1) is 0 Å². The first kappa shape index (κ1) is 14.3. The molecule has 0 amide bonds.